The van der Waals surface area contributed by atoms with Crippen molar-refractivity contribution < 1.29 is 5.11 Å². The van der Waals surface area contributed by atoms with Crippen LogP contribution in [0.5, 0.6) is 5.75 Å². The van der Waals surface area contributed by atoms with Crippen LogP contribution in [0.2, 0.25) is 0 Å². The normalized spacial score (nSPS) is 11.4. The van der Waals surface area contributed by atoms with Gasteiger partial charge < -0.3 is 25.2 Å². The number of hydrogen-bond donors (Lipinski definition) is 3. The lowest BCUT2D eigenvalue weighted by molar-refractivity contribution is 0.282. The van der Waals surface area contributed by atoms with Crippen LogP contribution in [0.15, 0.2) is 48.5 Å². The zero-order chi connectivity index (χ0) is 27.8. The maximum absolute atomic E-state index is 10.5. The smallest absolute Gasteiger partial charge is 0.204 e. The molecule has 0 radical (unpaired) electrons. The lowest BCUT2D eigenvalue weighted by Gasteiger charge is -2.20. The van der Waals surface area contributed by atoms with Crippen molar-refractivity contribution in [2.75, 3.05) is 36.8 Å². The summed E-state index contributed by atoms with van der Waals surface area (Å²) >= 11 is 0. The third kappa shape index (κ3) is 7.73. The number of unbranched alkanes of at least 4 members (excludes halogenated alkanes) is 1. The molecule has 0 bridgehead atoms. The minimum atomic E-state index is 0.204. The van der Waals surface area contributed by atoms with E-state index in [1.54, 1.807) is 6.07 Å². The van der Waals surface area contributed by atoms with E-state index in [1.807, 2.05) is 13.0 Å². The van der Waals surface area contributed by atoms with Crippen molar-refractivity contribution in [1.82, 2.24) is 19.4 Å². The van der Waals surface area contributed by atoms with Crippen LogP contribution in [0.4, 0.5) is 11.6 Å². The molecule has 39 heavy (non-hydrogen) atoms. The molecule has 0 spiro atoms. The molecule has 7 nitrogen and oxygen atoms in total. The Morgan fingerprint density at radius 1 is 0.872 bits per heavy atom. The Bertz CT molecular complexity index is 1360. The van der Waals surface area contributed by atoms with Crippen molar-refractivity contribution in [3.8, 4) is 5.75 Å². The van der Waals surface area contributed by atoms with Gasteiger partial charge in [-0.15, -0.1) is 0 Å². The zero-order valence-corrected chi connectivity index (χ0v) is 24.2. The Balaban J connectivity index is 1.56. The average molecular weight is 529 g/mol. The Kier molecular flexibility index (Phi) is 9.82. The highest BCUT2D eigenvalue weighted by atomic mass is 16.3. The largest absolute Gasteiger partial charge is 0.506 e. The lowest BCUT2D eigenvalue weighted by Crippen LogP contribution is -2.27. The second-order valence-corrected chi connectivity index (χ2v) is 10.6. The Labute approximate surface area is 233 Å². The van der Waals surface area contributed by atoms with E-state index < -0.39 is 0 Å². The van der Waals surface area contributed by atoms with Crippen LogP contribution in [0, 0.1) is 20.8 Å². The molecule has 4 aromatic rings. The van der Waals surface area contributed by atoms with Crippen molar-refractivity contribution in [3.05, 3.63) is 76.6 Å². The molecule has 4 rings (SSSR count). The SMILES string of the molecule is CCCCN(CC)CCCNc1nc2ccc(CNc3cc(C)cc(C)c3)cc2n1Cc1nc(C)ccc1O. The van der Waals surface area contributed by atoms with E-state index in [9.17, 15) is 5.11 Å². The van der Waals surface area contributed by atoms with Crippen molar-refractivity contribution in [3.63, 3.8) is 0 Å². The van der Waals surface area contributed by atoms with Gasteiger partial charge in [-0.2, -0.15) is 0 Å². The molecule has 0 amide bonds. The number of fused-ring (bicyclic) bond motifs is 1. The molecule has 0 aliphatic rings. The fourth-order valence-electron chi connectivity index (χ4n) is 5.04. The van der Waals surface area contributed by atoms with Gasteiger partial charge in [0.25, 0.3) is 0 Å². The number of pyridine rings is 1. The molecule has 7 heteroatoms. The second-order valence-electron chi connectivity index (χ2n) is 10.6. The predicted molar refractivity (Wildman–Crippen MR) is 163 cm³/mol. The Morgan fingerprint density at radius 3 is 2.38 bits per heavy atom. The minimum absolute atomic E-state index is 0.204. The van der Waals surface area contributed by atoms with E-state index in [0.717, 1.165) is 61.0 Å². The molecule has 0 aliphatic carbocycles. The summed E-state index contributed by atoms with van der Waals surface area (Å²) in [5.74, 6) is 1.01. The van der Waals surface area contributed by atoms with Gasteiger partial charge in [-0.3, -0.25) is 4.98 Å². The third-order valence-corrected chi connectivity index (χ3v) is 7.14. The number of imidazole rings is 1. The number of nitrogens with zero attached hydrogens (tertiary/aromatic N) is 4. The molecule has 0 saturated carbocycles. The molecule has 2 aromatic heterocycles. The number of benzene rings is 2. The van der Waals surface area contributed by atoms with E-state index in [1.165, 1.54) is 29.5 Å². The van der Waals surface area contributed by atoms with Crippen LogP contribution in [-0.4, -0.2) is 50.7 Å². The van der Waals surface area contributed by atoms with Gasteiger partial charge in [-0.05, 0) is 106 Å². The van der Waals surface area contributed by atoms with Crippen molar-refractivity contribution in [2.45, 2.75) is 67.0 Å². The van der Waals surface area contributed by atoms with Crippen LogP contribution >= 0.6 is 0 Å². The molecule has 2 aromatic carbocycles. The number of hydrogen-bond acceptors (Lipinski definition) is 6. The maximum atomic E-state index is 10.5. The molecular formula is C32H44N6O. The Hall–Kier alpha value is -3.58. The highest BCUT2D eigenvalue weighted by Crippen LogP contribution is 2.26. The summed E-state index contributed by atoms with van der Waals surface area (Å²) in [4.78, 5) is 12.1. The monoisotopic (exact) mass is 528 g/mol. The summed E-state index contributed by atoms with van der Waals surface area (Å²) in [6, 6.07) is 16.5. The molecule has 2 heterocycles. The van der Waals surface area contributed by atoms with Crippen molar-refractivity contribution >= 4 is 22.7 Å². The van der Waals surface area contributed by atoms with Crippen molar-refractivity contribution in [2.24, 2.45) is 0 Å². The Morgan fingerprint density at radius 2 is 1.64 bits per heavy atom. The van der Waals surface area contributed by atoms with Crippen LogP contribution in [0.3, 0.4) is 0 Å². The highest BCUT2D eigenvalue weighted by Gasteiger charge is 2.15. The first-order valence-corrected chi connectivity index (χ1v) is 14.3. The fourth-order valence-corrected chi connectivity index (χ4v) is 5.04. The summed E-state index contributed by atoms with van der Waals surface area (Å²) in [6.07, 6.45) is 3.51. The van der Waals surface area contributed by atoms with E-state index in [4.69, 9.17) is 4.98 Å². The van der Waals surface area contributed by atoms with E-state index >= 15 is 0 Å². The minimum Gasteiger partial charge on any atom is -0.506 e. The molecule has 0 unspecified atom stereocenters. The first-order chi connectivity index (χ1) is 18.9. The van der Waals surface area contributed by atoms with Crippen LogP contribution in [0.1, 0.15) is 61.2 Å². The average Bonchev–Trinajstić information content (AvgIpc) is 3.25. The standard InChI is InChI=1S/C32H44N6O/c1-6-8-15-37(7-2)16-9-14-33-32-36-28-12-11-26(21-34-27-18-23(3)17-24(4)19-27)20-30(28)38(32)22-29-31(39)13-10-25(5)35-29/h10-13,17-20,34,39H,6-9,14-16,21-22H2,1-5H3,(H,33,36). The lowest BCUT2D eigenvalue weighted by atomic mass is 10.1. The molecule has 208 valence electrons. The first-order valence-electron chi connectivity index (χ1n) is 14.3. The molecule has 0 fully saturated rings. The van der Waals surface area contributed by atoms with Gasteiger partial charge >= 0.3 is 0 Å². The van der Waals surface area contributed by atoms with Crippen LogP contribution in [0.25, 0.3) is 11.0 Å². The summed E-state index contributed by atoms with van der Waals surface area (Å²) < 4.78 is 2.14. The van der Waals surface area contributed by atoms with Crippen molar-refractivity contribution in [1.29, 1.82) is 0 Å². The second kappa shape index (κ2) is 13.5. The summed E-state index contributed by atoms with van der Waals surface area (Å²) in [6.45, 7) is 16.0. The number of aromatic nitrogens is 3. The van der Waals surface area contributed by atoms with E-state index in [-0.39, 0.29) is 5.75 Å². The molecule has 3 N–H and O–H groups in total. The van der Waals surface area contributed by atoms with E-state index in [2.05, 4.69) is 89.2 Å². The first kappa shape index (κ1) is 28.4. The molecule has 0 saturated heterocycles. The maximum Gasteiger partial charge on any atom is 0.204 e. The van der Waals surface area contributed by atoms with Gasteiger partial charge in [0.15, 0.2) is 0 Å². The van der Waals surface area contributed by atoms with Gasteiger partial charge in [-0.1, -0.05) is 32.4 Å². The van der Waals surface area contributed by atoms with Gasteiger partial charge in [-0.25, -0.2) is 4.98 Å². The summed E-state index contributed by atoms with van der Waals surface area (Å²) in [7, 11) is 0. The quantitative estimate of drug-likeness (QED) is 0.159. The number of aromatic hydroxyl groups is 1. The molecule has 0 aliphatic heterocycles. The topological polar surface area (TPSA) is 78.2 Å². The summed E-state index contributed by atoms with van der Waals surface area (Å²) in [5.41, 5.74) is 8.28. The van der Waals surface area contributed by atoms with E-state index in [0.29, 0.717) is 18.8 Å². The molecular weight excluding hydrogens is 484 g/mol. The fraction of sp³-hybridized carbons (Fsp3) is 0.438. The number of aryl methyl sites for hydroxylation is 3. The highest BCUT2D eigenvalue weighted by molar-refractivity contribution is 5.80. The van der Waals surface area contributed by atoms with Gasteiger partial charge in [0.1, 0.15) is 11.4 Å². The van der Waals surface area contributed by atoms with Crippen LogP contribution < -0.4 is 10.6 Å². The van der Waals surface area contributed by atoms with Crippen LogP contribution in [-0.2, 0) is 13.1 Å². The van der Waals surface area contributed by atoms with Gasteiger partial charge in [0.05, 0.1) is 17.6 Å². The number of rotatable bonds is 14. The number of nitrogens with one attached hydrogen (secondary N) is 2. The summed E-state index contributed by atoms with van der Waals surface area (Å²) in [5, 5.41) is 17.7. The molecule has 0 atom stereocenters. The van der Waals surface area contributed by atoms with Gasteiger partial charge in [0.2, 0.25) is 5.95 Å². The third-order valence-electron chi connectivity index (χ3n) is 7.14. The number of anilines is 2. The predicted octanol–water partition coefficient (Wildman–Crippen LogP) is 6.65. The zero-order valence-electron chi connectivity index (χ0n) is 24.2. The van der Waals surface area contributed by atoms with Gasteiger partial charge in [0, 0.05) is 24.5 Å².